The molecule has 1 unspecified atom stereocenters. The van der Waals surface area contributed by atoms with E-state index >= 15 is 0 Å². The zero-order valence-electron chi connectivity index (χ0n) is 7.59. The molecular weight excluding hydrogens is 282 g/mol. The fourth-order valence-electron chi connectivity index (χ4n) is 1.45. The van der Waals surface area contributed by atoms with Crippen LogP contribution in [-0.2, 0) is 0 Å². The van der Waals surface area contributed by atoms with Gasteiger partial charge in [-0.3, -0.25) is 0 Å². The molecule has 1 atom stereocenters. The first-order chi connectivity index (χ1) is 6.77. The van der Waals surface area contributed by atoms with Crippen molar-refractivity contribution in [1.29, 1.82) is 0 Å². The van der Waals surface area contributed by atoms with E-state index < -0.39 is 0 Å². The number of nitrogens with one attached hydrogen (secondary N) is 1. The van der Waals surface area contributed by atoms with Gasteiger partial charge < -0.3 is 5.32 Å². The summed E-state index contributed by atoms with van der Waals surface area (Å²) in [6.45, 7) is 1.10. The molecule has 1 nitrogen and oxygen atoms in total. The van der Waals surface area contributed by atoms with Crippen LogP contribution in [0.1, 0.15) is 17.4 Å². The van der Waals surface area contributed by atoms with Crippen molar-refractivity contribution < 1.29 is 0 Å². The zero-order valence-corrected chi connectivity index (χ0v) is 10.8. The van der Waals surface area contributed by atoms with Crippen molar-refractivity contribution in [1.82, 2.24) is 5.32 Å². The summed E-state index contributed by atoms with van der Waals surface area (Å²) in [6, 6.07) is 6.15. The maximum atomic E-state index is 6.05. The summed E-state index contributed by atoms with van der Waals surface area (Å²) >= 11 is 11.4. The van der Waals surface area contributed by atoms with Crippen LogP contribution in [0, 0.1) is 0 Å². The lowest BCUT2D eigenvalue weighted by atomic mass is 10.2. The van der Waals surface area contributed by atoms with Gasteiger partial charge in [0.25, 0.3) is 0 Å². The monoisotopic (exact) mass is 291 g/mol. The smallest absolute Gasteiger partial charge is 0.0789 e. The summed E-state index contributed by atoms with van der Waals surface area (Å²) in [7, 11) is 0. The highest BCUT2D eigenvalue weighted by atomic mass is 79.9. The van der Waals surface area contributed by atoms with Gasteiger partial charge in [0, 0.05) is 4.47 Å². The maximum absolute atomic E-state index is 6.05. The van der Waals surface area contributed by atoms with Gasteiger partial charge in [-0.25, -0.2) is 0 Å². The molecule has 4 heteroatoms. The van der Waals surface area contributed by atoms with Gasteiger partial charge in [0.05, 0.1) is 10.4 Å². The fourth-order valence-corrected chi connectivity index (χ4v) is 3.01. The minimum Gasteiger partial charge on any atom is -0.302 e. The lowest BCUT2D eigenvalue weighted by Gasteiger charge is -2.23. The van der Waals surface area contributed by atoms with Crippen LogP contribution < -0.4 is 5.32 Å². The summed E-state index contributed by atoms with van der Waals surface area (Å²) in [5, 5.41) is 4.67. The molecule has 1 fully saturated rings. The van der Waals surface area contributed by atoms with Gasteiger partial charge >= 0.3 is 0 Å². The van der Waals surface area contributed by atoms with Crippen LogP contribution in [0.3, 0.4) is 0 Å². The van der Waals surface area contributed by atoms with E-state index in [2.05, 4.69) is 27.3 Å². The molecule has 0 bridgehead atoms. The van der Waals surface area contributed by atoms with E-state index in [9.17, 15) is 0 Å². The Labute approximate surface area is 102 Å². The van der Waals surface area contributed by atoms with Crippen molar-refractivity contribution in [2.75, 3.05) is 12.3 Å². The van der Waals surface area contributed by atoms with Crippen LogP contribution >= 0.6 is 39.3 Å². The average molecular weight is 293 g/mol. The number of hydrogen-bond donors (Lipinski definition) is 1. The predicted molar refractivity (Wildman–Crippen MR) is 67.0 cm³/mol. The highest BCUT2D eigenvalue weighted by Gasteiger charge is 2.15. The molecule has 0 radical (unpaired) electrons. The molecule has 0 amide bonds. The number of halogens is 2. The van der Waals surface area contributed by atoms with Gasteiger partial charge in [-0.2, -0.15) is 0 Å². The Morgan fingerprint density at radius 1 is 1.50 bits per heavy atom. The lowest BCUT2D eigenvalue weighted by molar-refractivity contribution is 0.643. The number of benzene rings is 1. The Balaban J connectivity index is 2.18. The summed E-state index contributed by atoms with van der Waals surface area (Å²) in [4.78, 5) is 0. The number of rotatable bonds is 1. The van der Waals surface area contributed by atoms with Gasteiger partial charge in [-0.1, -0.05) is 17.7 Å². The molecule has 1 aliphatic heterocycles. The van der Waals surface area contributed by atoms with Crippen LogP contribution in [0.25, 0.3) is 0 Å². The molecule has 1 aromatic rings. The quantitative estimate of drug-likeness (QED) is 0.844. The van der Waals surface area contributed by atoms with Crippen LogP contribution in [0.5, 0.6) is 0 Å². The summed E-state index contributed by atoms with van der Waals surface area (Å²) in [5.41, 5.74) is 1.27. The standard InChI is InChI=1S/C10H11BrClNS/c11-8-3-2-7(6-9(8)12)10-13-4-1-5-14-10/h2-3,6,10,13H,1,4-5H2. The molecule has 0 saturated carbocycles. The van der Waals surface area contributed by atoms with Gasteiger partial charge in [0.1, 0.15) is 0 Å². The van der Waals surface area contributed by atoms with E-state index in [1.807, 2.05) is 23.9 Å². The van der Waals surface area contributed by atoms with E-state index in [1.165, 1.54) is 17.7 Å². The van der Waals surface area contributed by atoms with E-state index in [1.54, 1.807) is 0 Å². The third-order valence-corrected chi connectivity index (χ3v) is 4.71. The molecular formula is C10H11BrClNS. The summed E-state index contributed by atoms with van der Waals surface area (Å²) in [5.74, 6) is 1.23. The van der Waals surface area contributed by atoms with Crippen LogP contribution in [0.2, 0.25) is 5.02 Å². The molecule has 76 valence electrons. The van der Waals surface area contributed by atoms with E-state index in [0.29, 0.717) is 5.37 Å². The van der Waals surface area contributed by atoms with Crippen LogP contribution in [-0.4, -0.2) is 12.3 Å². The molecule has 0 aliphatic carbocycles. The third kappa shape index (κ3) is 2.45. The normalized spacial score (nSPS) is 22.3. The topological polar surface area (TPSA) is 12.0 Å². The molecule has 0 aromatic heterocycles. The summed E-state index contributed by atoms with van der Waals surface area (Å²) < 4.78 is 0.962. The minimum atomic E-state index is 0.411. The van der Waals surface area contributed by atoms with Gasteiger partial charge in [0.15, 0.2) is 0 Å². The molecule has 1 aliphatic rings. The molecule has 1 N–H and O–H groups in total. The molecule has 1 heterocycles. The second-order valence-corrected chi connectivity index (χ2v) is 5.71. The van der Waals surface area contributed by atoms with Crippen molar-refractivity contribution in [2.24, 2.45) is 0 Å². The highest BCUT2D eigenvalue weighted by Crippen LogP contribution is 2.33. The molecule has 1 aromatic carbocycles. The van der Waals surface area contributed by atoms with E-state index in [4.69, 9.17) is 11.6 Å². The molecule has 1 saturated heterocycles. The second-order valence-electron chi connectivity index (χ2n) is 3.23. The van der Waals surface area contributed by atoms with Crippen molar-refractivity contribution >= 4 is 39.3 Å². The maximum Gasteiger partial charge on any atom is 0.0789 e. The first-order valence-electron chi connectivity index (χ1n) is 4.57. The van der Waals surface area contributed by atoms with E-state index in [0.717, 1.165) is 16.0 Å². The Hall–Kier alpha value is 0.300. The largest absolute Gasteiger partial charge is 0.302 e. The number of thioether (sulfide) groups is 1. The predicted octanol–water partition coefficient (Wildman–Crippen LogP) is 3.83. The van der Waals surface area contributed by atoms with Gasteiger partial charge in [-0.05, 0) is 52.3 Å². The Kier molecular flexibility index (Phi) is 3.77. The van der Waals surface area contributed by atoms with Crippen molar-refractivity contribution in [3.63, 3.8) is 0 Å². The van der Waals surface area contributed by atoms with E-state index in [-0.39, 0.29) is 0 Å². The Morgan fingerprint density at radius 3 is 3.00 bits per heavy atom. The fraction of sp³-hybridized carbons (Fsp3) is 0.400. The first kappa shape index (κ1) is 10.8. The highest BCUT2D eigenvalue weighted by molar-refractivity contribution is 9.10. The minimum absolute atomic E-state index is 0.411. The van der Waals surface area contributed by atoms with Gasteiger partial charge in [-0.15, -0.1) is 11.8 Å². The SMILES string of the molecule is Clc1cc(C2NCCCS2)ccc1Br. The second kappa shape index (κ2) is 4.88. The average Bonchev–Trinajstić information content (AvgIpc) is 2.23. The Morgan fingerprint density at radius 2 is 2.36 bits per heavy atom. The van der Waals surface area contributed by atoms with Gasteiger partial charge in [0.2, 0.25) is 0 Å². The van der Waals surface area contributed by atoms with Crippen molar-refractivity contribution in [2.45, 2.75) is 11.8 Å². The molecule has 0 spiro atoms. The molecule has 2 rings (SSSR count). The van der Waals surface area contributed by atoms with Crippen LogP contribution in [0.15, 0.2) is 22.7 Å². The van der Waals surface area contributed by atoms with Crippen molar-refractivity contribution in [3.8, 4) is 0 Å². The summed E-state index contributed by atoms with van der Waals surface area (Å²) in [6.07, 6.45) is 1.26. The Bertz CT molecular complexity index is 326. The molecule has 14 heavy (non-hydrogen) atoms. The first-order valence-corrected chi connectivity index (χ1v) is 6.79. The van der Waals surface area contributed by atoms with Crippen LogP contribution in [0.4, 0.5) is 0 Å². The lowest BCUT2D eigenvalue weighted by Crippen LogP contribution is -2.25. The number of hydrogen-bond acceptors (Lipinski definition) is 2. The zero-order chi connectivity index (χ0) is 9.97. The third-order valence-electron chi connectivity index (χ3n) is 2.18. The van der Waals surface area contributed by atoms with Crippen molar-refractivity contribution in [3.05, 3.63) is 33.3 Å².